The molecule has 1 aromatic heterocycles. The van der Waals surface area contributed by atoms with Crippen molar-refractivity contribution in [3.63, 3.8) is 0 Å². The van der Waals surface area contributed by atoms with Gasteiger partial charge in [0.25, 0.3) is 11.5 Å². The van der Waals surface area contributed by atoms with Gasteiger partial charge in [-0.15, -0.1) is 0 Å². The first-order valence-electron chi connectivity index (χ1n) is 13.1. The van der Waals surface area contributed by atoms with Gasteiger partial charge in [-0.05, 0) is 69.0 Å². The van der Waals surface area contributed by atoms with E-state index in [1.165, 1.54) is 21.6 Å². The molecule has 12 heteroatoms. The maximum atomic E-state index is 13.3. The van der Waals surface area contributed by atoms with E-state index in [9.17, 15) is 19.2 Å². The van der Waals surface area contributed by atoms with Gasteiger partial charge in [0.15, 0.2) is 6.10 Å². The molecule has 2 aromatic carbocycles. The molecule has 0 spiro atoms. The molecule has 2 fully saturated rings. The topological polar surface area (TPSA) is 138 Å². The Morgan fingerprint density at radius 2 is 1.85 bits per heavy atom. The molecule has 3 amide bonds. The van der Waals surface area contributed by atoms with Gasteiger partial charge in [0.2, 0.25) is 0 Å². The molecule has 3 aromatic rings. The fraction of sp³-hybridized carbons (Fsp3) is 0.393. The Kier molecular flexibility index (Phi) is 7.65. The first kappa shape index (κ1) is 27.4. The molecule has 0 radical (unpaired) electrons. The third-order valence-corrected chi connectivity index (χ3v) is 7.39. The van der Waals surface area contributed by atoms with Crippen LogP contribution in [0.3, 0.4) is 0 Å². The number of ether oxygens (including phenoxy) is 1. The summed E-state index contributed by atoms with van der Waals surface area (Å²) >= 11 is 6.05. The summed E-state index contributed by atoms with van der Waals surface area (Å²) in [5.41, 5.74) is 0.923. The highest BCUT2D eigenvalue weighted by Crippen LogP contribution is 2.30. The summed E-state index contributed by atoms with van der Waals surface area (Å²) in [6, 6.07) is 10.8. The molecule has 2 N–H and O–H groups in total. The summed E-state index contributed by atoms with van der Waals surface area (Å²) in [5, 5.41) is 15.1. The van der Waals surface area contributed by atoms with Crippen molar-refractivity contribution in [2.24, 2.45) is 5.92 Å². The zero-order valence-electron chi connectivity index (χ0n) is 22.1. The number of aromatic nitrogens is 2. The molecule has 5 rings (SSSR count). The summed E-state index contributed by atoms with van der Waals surface area (Å²) < 4.78 is 8.50. The van der Waals surface area contributed by atoms with Crippen molar-refractivity contribution >= 4 is 45.8 Å². The summed E-state index contributed by atoms with van der Waals surface area (Å²) in [7, 11) is 0. The molecule has 40 heavy (non-hydrogen) atoms. The smallest absolute Gasteiger partial charge is 0.331 e. The molecule has 1 saturated carbocycles. The molecule has 208 valence electrons. The van der Waals surface area contributed by atoms with Crippen molar-refractivity contribution in [1.29, 1.82) is 5.26 Å². The van der Waals surface area contributed by atoms with E-state index in [1.807, 2.05) is 19.9 Å². The monoisotopic (exact) mass is 564 g/mol. The number of nitriles is 1. The Balaban J connectivity index is 1.32. The molecule has 1 aliphatic carbocycles. The number of rotatable bonds is 6. The predicted molar refractivity (Wildman–Crippen MR) is 151 cm³/mol. The lowest BCUT2D eigenvalue weighted by Crippen LogP contribution is -2.51. The van der Waals surface area contributed by atoms with E-state index in [0.717, 1.165) is 12.8 Å². The molecular weight excluding hydrogens is 536 g/mol. The van der Waals surface area contributed by atoms with E-state index in [1.54, 1.807) is 28.8 Å². The van der Waals surface area contributed by atoms with Crippen molar-refractivity contribution < 1.29 is 14.3 Å². The van der Waals surface area contributed by atoms with Crippen LogP contribution in [0.4, 0.5) is 16.2 Å². The third kappa shape index (κ3) is 5.59. The van der Waals surface area contributed by atoms with Crippen LogP contribution >= 0.6 is 11.6 Å². The zero-order chi connectivity index (χ0) is 28.6. The Bertz CT molecular complexity index is 1650. The second kappa shape index (κ2) is 11.2. The number of fused-ring (bicyclic) bond motifs is 1. The number of urea groups is 1. The van der Waals surface area contributed by atoms with Crippen LogP contribution in [0.1, 0.15) is 38.3 Å². The lowest BCUT2D eigenvalue weighted by Gasteiger charge is -2.32. The maximum absolute atomic E-state index is 13.3. The van der Waals surface area contributed by atoms with Gasteiger partial charge < -0.3 is 20.3 Å². The Labute approximate surface area is 234 Å². The van der Waals surface area contributed by atoms with Crippen LogP contribution in [0.15, 0.2) is 46.0 Å². The number of carbonyl (C=O) groups is 2. The number of nitrogens with one attached hydrogen (secondary N) is 2. The van der Waals surface area contributed by atoms with Crippen LogP contribution < -0.4 is 21.9 Å². The molecule has 1 atom stereocenters. The van der Waals surface area contributed by atoms with E-state index < -0.39 is 18.0 Å². The molecular formula is C28H29ClN6O5. The van der Waals surface area contributed by atoms with Gasteiger partial charge in [-0.3, -0.25) is 18.7 Å². The Morgan fingerprint density at radius 3 is 2.52 bits per heavy atom. The second-order valence-electron chi connectivity index (χ2n) is 10.4. The summed E-state index contributed by atoms with van der Waals surface area (Å²) in [4.78, 5) is 53.8. The van der Waals surface area contributed by atoms with Crippen molar-refractivity contribution in [3.8, 4) is 6.07 Å². The number of carbonyl (C=O) groups excluding carboxylic acids is 2. The maximum Gasteiger partial charge on any atom is 0.331 e. The lowest BCUT2D eigenvalue weighted by molar-refractivity contribution is -0.131. The number of anilines is 2. The number of benzene rings is 2. The fourth-order valence-electron chi connectivity index (χ4n) is 4.78. The molecule has 0 bridgehead atoms. The van der Waals surface area contributed by atoms with Gasteiger partial charge in [0, 0.05) is 30.5 Å². The number of hydrogen-bond donors (Lipinski definition) is 2. The summed E-state index contributed by atoms with van der Waals surface area (Å²) in [5.74, 6) is -0.112. The molecule has 11 nitrogen and oxygen atoms in total. The molecule has 1 saturated heterocycles. The standard InChI is InChI=1S/C28H29ClN6O5/c1-16(2)35-23-8-7-19(11-21(23)26(37)34(28(35)39)14-17-3-4-17)32-27(38)33-9-10-40-24(15-33)25(36)31-20-6-5-18(13-30)22(29)12-20/h5-8,11-12,16-17,24H,3-4,9-10,14-15H2,1-2H3,(H,31,36)(H,32,38)/t24-/m0/s1. The van der Waals surface area contributed by atoms with Crippen LogP contribution in [0.5, 0.6) is 0 Å². The summed E-state index contributed by atoms with van der Waals surface area (Å²) in [6.45, 7) is 4.61. The predicted octanol–water partition coefficient (Wildman–Crippen LogP) is 3.55. The number of nitrogens with zero attached hydrogens (tertiary/aromatic N) is 4. The lowest BCUT2D eigenvalue weighted by atomic mass is 10.2. The SMILES string of the molecule is CC(C)n1c(=O)n(CC2CC2)c(=O)c2cc(NC(=O)N3CCO[C@H](C(=O)Nc4ccc(C#N)c(Cl)c4)C3)ccc21. The highest BCUT2D eigenvalue weighted by molar-refractivity contribution is 6.32. The van der Waals surface area contributed by atoms with Gasteiger partial charge >= 0.3 is 11.7 Å². The van der Waals surface area contributed by atoms with Gasteiger partial charge in [0.05, 0.1) is 34.6 Å². The fourth-order valence-corrected chi connectivity index (χ4v) is 5.00. The average molecular weight is 565 g/mol. The van der Waals surface area contributed by atoms with Crippen LogP contribution in [0.2, 0.25) is 5.02 Å². The second-order valence-corrected chi connectivity index (χ2v) is 10.8. The van der Waals surface area contributed by atoms with Crippen LogP contribution in [-0.2, 0) is 16.1 Å². The highest BCUT2D eigenvalue weighted by Gasteiger charge is 2.30. The normalized spacial score (nSPS) is 17.1. The largest absolute Gasteiger partial charge is 0.365 e. The van der Waals surface area contributed by atoms with Gasteiger partial charge in [-0.2, -0.15) is 5.26 Å². The van der Waals surface area contributed by atoms with E-state index in [4.69, 9.17) is 21.6 Å². The van der Waals surface area contributed by atoms with E-state index in [-0.39, 0.29) is 42.0 Å². The van der Waals surface area contributed by atoms with E-state index >= 15 is 0 Å². The number of morpholine rings is 1. The number of halogens is 1. The van der Waals surface area contributed by atoms with Gasteiger partial charge in [-0.1, -0.05) is 11.6 Å². The minimum absolute atomic E-state index is 0.0103. The molecule has 1 aliphatic heterocycles. The third-order valence-electron chi connectivity index (χ3n) is 7.08. The minimum atomic E-state index is -0.916. The van der Waals surface area contributed by atoms with Gasteiger partial charge in [-0.25, -0.2) is 9.59 Å². The van der Waals surface area contributed by atoms with Crippen LogP contribution in [-0.4, -0.2) is 51.8 Å². The average Bonchev–Trinajstić information content (AvgIpc) is 3.76. The van der Waals surface area contributed by atoms with Gasteiger partial charge in [0.1, 0.15) is 6.07 Å². The Hall–Kier alpha value is -4.14. The zero-order valence-corrected chi connectivity index (χ0v) is 22.9. The number of amides is 3. The molecule has 2 heterocycles. The van der Waals surface area contributed by atoms with Crippen molar-refractivity contribution in [2.75, 3.05) is 30.3 Å². The van der Waals surface area contributed by atoms with E-state index in [0.29, 0.717) is 40.3 Å². The van der Waals surface area contributed by atoms with Crippen LogP contribution in [0, 0.1) is 17.2 Å². The van der Waals surface area contributed by atoms with Crippen molar-refractivity contribution in [3.05, 3.63) is 67.8 Å². The highest BCUT2D eigenvalue weighted by atomic mass is 35.5. The number of hydrogen-bond acceptors (Lipinski definition) is 6. The Morgan fingerprint density at radius 1 is 1.12 bits per heavy atom. The molecule has 2 aliphatic rings. The molecule has 0 unspecified atom stereocenters. The first-order chi connectivity index (χ1) is 19.2. The van der Waals surface area contributed by atoms with E-state index in [2.05, 4.69) is 10.6 Å². The minimum Gasteiger partial charge on any atom is -0.365 e. The van der Waals surface area contributed by atoms with Crippen molar-refractivity contribution in [2.45, 2.75) is 45.4 Å². The quantitative estimate of drug-likeness (QED) is 0.469. The summed E-state index contributed by atoms with van der Waals surface area (Å²) in [6.07, 6.45) is 1.09. The van der Waals surface area contributed by atoms with Crippen molar-refractivity contribution in [1.82, 2.24) is 14.0 Å². The van der Waals surface area contributed by atoms with Crippen LogP contribution in [0.25, 0.3) is 10.9 Å². The first-order valence-corrected chi connectivity index (χ1v) is 13.5.